The van der Waals surface area contributed by atoms with Gasteiger partial charge in [0.1, 0.15) is 11.6 Å². The fourth-order valence-electron chi connectivity index (χ4n) is 1.58. The van der Waals surface area contributed by atoms with E-state index in [0.29, 0.717) is 33.8 Å². The summed E-state index contributed by atoms with van der Waals surface area (Å²) in [5, 5.41) is 3.84. The van der Waals surface area contributed by atoms with E-state index < -0.39 is 5.82 Å². The average Bonchev–Trinajstić information content (AvgIpc) is 2.32. The van der Waals surface area contributed by atoms with Crippen molar-refractivity contribution in [2.24, 2.45) is 0 Å². The molecule has 0 bridgehead atoms. The third-order valence-electron chi connectivity index (χ3n) is 2.31. The zero-order chi connectivity index (χ0) is 13.8. The number of pyridine rings is 1. The molecule has 1 N–H and O–H groups in total. The highest BCUT2D eigenvalue weighted by molar-refractivity contribution is 6.34. The molecule has 0 aliphatic heterocycles. The minimum absolute atomic E-state index is 0.314. The molecule has 0 radical (unpaired) electrons. The van der Waals surface area contributed by atoms with Crippen LogP contribution < -0.4 is 10.1 Å². The van der Waals surface area contributed by atoms with Crippen molar-refractivity contribution in [3.63, 3.8) is 0 Å². The third kappa shape index (κ3) is 3.80. The number of nitrogens with zero attached hydrogens (tertiary/aromatic N) is 1. The van der Waals surface area contributed by atoms with Crippen molar-refractivity contribution in [2.45, 2.75) is 6.54 Å². The Bertz CT molecular complexity index is 573. The highest BCUT2D eigenvalue weighted by Gasteiger charge is 2.09. The van der Waals surface area contributed by atoms with E-state index in [1.807, 2.05) is 0 Å². The van der Waals surface area contributed by atoms with E-state index in [2.05, 4.69) is 10.3 Å². The number of nitrogens with one attached hydrogen (secondary N) is 1. The van der Waals surface area contributed by atoms with Crippen molar-refractivity contribution in [2.75, 3.05) is 7.05 Å². The van der Waals surface area contributed by atoms with E-state index in [1.54, 1.807) is 25.2 Å². The van der Waals surface area contributed by atoms with Crippen LogP contribution in [0.25, 0.3) is 0 Å². The largest absolute Gasteiger partial charge is 0.439 e. The minimum Gasteiger partial charge on any atom is -0.439 e. The fourth-order valence-corrected chi connectivity index (χ4v) is 2.08. The van der Waals surface area contributed by atoms with Gasteiger partial charge in [0.15, 0.2) is 0 Å². The van der Waals surface area contributed by atoms with Crippen LogP contribution in [0.4, 0.5) is 4.39 Å². The van der Waals surface area contributed by atoms with Gasteiger partial charge in [-0.3, -0.25) is 0 Å². The number of ether oxygens (including phenoxy) is 1. The second kappa shape index (κ2) is 6.19. The molecule has 100 valence electrons. The van der Waals surface area contributed by atoms with Crippen LogP contribution in [-0.2, 0) is 6.54 Å². The fraction of sp³-hybridized carbons (Fsp3) is 0.154. The molecule has 1 aromatic carbocycles. The van der Waals surface area contributed by atoms with E-state index >= 15 is 0 Å². The van der Waals surface area contributed by atoms with Crippen LogP contribution in [0.3, 0.4) is 0 Å². The summed E-state index contributed by atoms with van der Waals surface area (Å²) in [5.41, 5.74) is 0.610. The smallest absolute Gasteiger partial charge is 0.223 e. The molecule has 6 heteroatoms. The first-order valence-corrected chi connectivity index (χ1v) is 6.27. The standard InChI is InChI=1S/C13H11Cl2FN2O/c1-17-6-8-2-11(16)7-18-13(8)19-12-4-9(14)3-10(15)5-12/h2-5,7,17H,6H2,1H3. The first-order valence-electron chi connectivity index (χ1n) is 5.51. The predicted octanol–water partition coefficient (Wildman–Crippen LogP) is 4.04. The molecule has 0 spiro atoms. The van der Waals surface area contributed by atoms with Crippen LogP contribution in [0, 0.1) is 5.82 Å². The van der Waals surface area contributed by atoms with Crippen LogP contribution in [0.1, 0.15) is 5.56 Å². The quantitative estimate of drug-likeness (QED) is 0.925. The summed E-state index contributed by atoms with van der Waals surface area (Å²) in [6.07, 6.45) is 1.10. The van der Waals surface area contributed by atoms with Gasteiger partial charge in [0.2, 0.25) is 5.88 Å². The van der Waals surface area contributed by atoms with Crippen LogP contribution in [-0.4, -0.2) is 12.0 Å². The number of hydrogen-bond donors (Lipinski definition) is 1. The maximum Gasteiger partial charge on any atom is 0.223 e. The third-order valence-corrected chi connectivity index (χ3v) is 2.75. The maximum absolute atomic E-state index is 13.1. The molecule has 0 amide bonds. The van der Waals surface area contributed by atoms with Gasteiger partial charge >= 0.3 is 0 Å². The number of aromatic nitrogens is 1. The Morgan fingerprint density at radius 1 is 1.21 bits per heavy atom. The van der Waals surface area contributed by atoms with E-state index in [-0.39, 0.29) is 0 Å². The Balaban J connectivity index is 2.31. The molecule has 0 aliphatic rings. The lowest BCUT2D eigenvalue weighted by molar-refractivity contribution is 0.450. The zero-order valence-corrected chi connectivity index (χ0v) is 11.6. The number of hydrogen-bond acceptors (Lipinski definition) is 3. The van der Waals surface area contributed by atoms with E-state index in [9.17, 15) is 4.39 Å². The first kappa shape index (κ1) is 14.1. The van der Waals surface area contributed by atoms with Crippen LogP contribution >= 0.6 is 23.2 Å². The number of rotatable bonds is 4. The number of halogens is 3. The molecule has 1 heterocycles. The van der Waals surface area contributed by atoms with Gasteiger partial charge in [0, 0.05) is 22.2 Å². The summed E-state index contributed by atoms with van der Waals surface area (Å²) in [5.74, 6) is 0.352. The summed E-state index contributed by atoms with van der Waals surface area (Å²) in [6.45, 7) is 0.439. The Labute approximate surface area is 120 Å². The summed E-state index contributed by atoms with van der Waals surface area (Å²) in [4.78, 5) is 3.93. The average molecular weight is 301 g/mol. The Hall–Kier alpha value is -1.36. The minimum atomic E-state index is -0.415. The lowest BCUT2D eigenvalue weighted by atomic mass is 10.2. The maximum atomic E-state index is 13.1. The van der Waals surface area contributed by atoms with Gasteiger partial charge in [0.05, 0.1) is 6.20 Å². The molecule has 19 heavy (non-hydrogen) atoms. The Morgan fingerprint density at radius 2 is 1.89 bits per heavy atom. The first-order chi connectivity index (χ1) is 9.08. The summed E-state index contributed by atoms with van der Waals surface area (Å²) in [7, 11) is 1.75. The van der Waals surface area contributed by atoms with Crippen molar-refractivity contribution < 1.29 is 9.13 Å². The molecule has 0 saturated carbocycles. The Kier molecular flexibility index (Phi) is 4.58. The van der Waals surface area contributed by atoms with Gasteiger partial charge in [-0.1, -0.05) is 23.2 Å². The van der Waals surface area contributed by atoms with Crippen LogP contribution in [0.15, 0.2) is 30.5 Å². The molecule has 0 aliphatic carbocycles. The molecule has 3 nitrogen and oxygen atoms in total. The molecule has 0 saturated heterocycles. The normalized spacial score (nSPS) is 10.5. The predicted molar refractivity (Wildman–Crippen MR) is 73.5 cm³/mol. The van der Waals surface area contributed by atoms with Crippen molar-refractivity contribution >= 4 is 23.2 Å². The highest BCUT2D eigenvalue weighted by atomic mass is 35.5. The summed E-state index contributed by atoms with van der Waals surface area (Å²) >= 11 is 11.8. The lowest BCUT2D eigenvalue weighted by Crippen LogP contribution is -2.07. The molecular formula is C13H11Cl2FN2O. The lowest BCUT2D eigenvalue weighted by Gasteiger charge is -2.10. The van der Waals surface area contributed by atoms with Gasteiger partial charge in [-0.25, -0.2) is 9.37 Å². The second-order valence-corrected chi connectivity index (χ2v) is 4.73. The van der Waals surface area contributed by atoms with E-state index in [0.717, 1.165) is 6.20 Å². The molecule has 2 aromatic rings. The molecular weight excluding hydrogens is 290 g/mol. The van der Waals surface area contributed by atoms with E-state index in [4.69, 9.17) is 27.9 Å². The van der Waals surface area contributed by atoms with Crippen molar-refractivity contribution in [1.29, 1.82) is 0 Å². The Morgan fingerprint density at radius 3 is 2.53 bits per heavy atom. The second-order valence-electron chi connectivity index (χ2n) is 3.86. The highest BCUT2D eigenvalue weighted by Crippen LogP contribution is 2.29. The van der Waals surface area contributed by atoms with Crippen LogP contribution in [0.5, 0.6) is 11.6 Å². The van der Waals surface area contributed by atoms with Gasteiger partial charge < -0.3 is 10.1 Å². The van der Waals surface area contributed by atoms with Gasteiger partial charge in [-0.05, 0) is 31.3 Å². The molecule has 0 unspecified atom stereocenters. The van der Waals surface area contributed by atoms with E-state index in [1.165, 1.54) is 6.07 Å². The molecule has 1 aromatic heterocycles. The van der Waals surface area contributed by atoms with Gasteiger partial charge in [-0.15, -0.1) is 0 Å². The van der Waals surface area contributed by atoms with Gasteiger partial charge in [0.25, 0.3) is 0 Å². The SMILES string of the molecule is CNCc1cc(F)cnc1Oc1cc(Cl)cc(Cl)c1. The molecule has 0 fully saturated rings. The van der Waals surface area contributed by atoms with Gasteiger partial charge in [-0.2, -0.15) is 0 Å². The van der Waals surface area contributed by atoms with Crippen LogP contribution in [0.2, 0.25) is 10.0 Å². The monoisotopic (exact) mass is 300 g/mol. The molecule has 0 atom stereocenters. The zero-order valence-electron chi connectivity index (χ0n) is 10.1. The number of benzene rings is 1. The summed E-state index contributed by atoms with van der Waals surface area (Å²) in [6, 6.07) is 6.19. The van der Waals surface area contributed by atoms with Crippen molar-refractivity contribution in [1.82, 2.24) is 10.3 Å². The van der Waals surface area contributed by atoms with Crippen molar-refractivity contribution in [3.05, 3.63) is 51.9 Å². The topological polar surface area (TPSA) is 34.2 Å². The molecule has 2 rings (SSSR count). The van der Waals surface area contributed by atoms with Crippen molar-refractivity contribution in [3.8, 4) is 11.6 Å². The summed E-state index contributed by atoms with van der Waals surface area (Å²) < 4.78 is 18.7.